The van der Waals surface area contributed by atoms with Crippen LogP contribution in [-0.2, 0) is 11.3 Å². The first-order valence-corrected chi connectivity index (χ1v) is 10.5. The van der Waals surface area contributed by atoms with Crippen molar-refractivity contribution in [1.29, 1.82) is 0 Å². The third-order valence-electron chi connectivity index (χ3n) is 5.05. The maximum absolute atomic E-state index is 11.0. The summed E-state index contributed by atoms with van der Waals surface area (Å²) in [6.45, 7) is 2.12. The molecule has 11 heteroatoms. The number of nitrogens with one attached hydrogen (secondary N) is 3. The van der Waals surface area contributed by atoms with Crippen molar-refractivity contribution in [2.75, 3.05) is 53.3 Å². The van der Waals surface area contributed by atoms with Crippen molar-refractivity contribution < 1.29 is 24.1 Å². The monoisotopic (exact) mass is 458 g/mol. The summed E-state index contributed by atoms with van der Waals surface area (Å²) in [7, 11) is 7.03. The molecule has 0 spiro atoms. The first kappa shape index (κ1) is 24.1. The average Bonchev–Trinajstić information content (AvgIpc) is 3.21. The number of aromatic amines is 1. The van der Waals surface area contributed by atoms with E-state index in [0.29, 0.717) is 28.7 Å². The predicted octanol–water partition coefficient (Wildman–Crippen LogP) is 2.22. The largest absolute Gasteiger partial charge is 0.494 e. The van der Waals surface area contributed by atoms with Crippen molar-refractivity contribution in [1.82, 2.24) is 25.2 Å². The number of nitrogens with zero attached hydrogens (tertiary/aromatic N) is 3. The van der Waals surface area contributed by atoms with Gasteiger partial charge in [-0.15, -0.1) is 0 Å². The Kier molecular flexibility index (Phi) is 8.28. The van der Waals surface area contributed by atoms with Crippen LogP contribution in [0.2, 0.25) is 0 Å². The van der Waals surface area contributed by atoms with Gasteiger partial charge in [-0.1, -0.05) is 0 Å². The van der Waals surface area contributed by atoms with Crippen LogP contribution in [0.5, 0.6) is 17.2 Å². The van der Waals surface area contributed by atoms with Crippen LogP contribution in [0.4, 0.5) is 11.5 Å². The van der Waals surface area contributed by atoms with Gasteiger partial charge in [-0.25, -0.2) is 14.8 Å². The summed E-state index contributed by atoms with van der Waals surface area (Å²) < 4.78 is 16.2. The molecular formula is C22H30N6O5. The SMILES string of the molecule is CNCCCN(C)Cc1c[nH]c2ncnc(Nc3cc(OCC(=O)O)c(OC)cc3OC)c12. The Hall–Kier alpha value is -3.57. The Labute approximate surface area is 192 Å². The van der Waals surface area contributed by atoms with E-state index in [4.69, 9.17) is 19.3 Å². The van der Waals surface area contributed by atoms with Crippen LogP contribution in [0.25, 0.3) is 11.0 Å². The van der Waals surface area contributed by atoms with E-state index >= 15 is 0 Å². The molecule has 0 saturated heterocycles. The van der Waals surface area contributed by atoms with Gasteiger partial charge in [-0.3, -0.25) is 0 Å². The zero-order chi connectivity index (χ0) is 23.8. The van der Waals surface area contributed by atoms with Gasteiger partial charge in [0, 0.05) is 24.9 Å². The number of benzene rings is 1. The molecule has 0 bridgehead atoms. The molecule has 0 aliphatic carbocycles. The number of carboxylic acids is 1. The number of H-pyrrole nitrogens is 1. The minimum Gasteiger partial charge on any atom is -0.494 e. The van der Waals surface area contributed by atoms with E-state index in [1.165, 1.54) is 20.5 Å². The van der Waals surface area contributed by atoms with Crippen LogP contribution >= 0.6 is 0 Å². The highest BCUT2D eigenvalue weighted by Crippen LogP contribution is 2.40. The second-order valence-corrected chi connectivity index (χ2v) is 7.47. The summed E-state index contributed by atoms with van der Waals surface area (Å²) in [4.78, 5) is 25.2. The summed E-state index contributed by atoms with van der Waals surface area (Å²) >= 11 is 0. The minimum atomic E-state index is -1.09. The number of hydrogen-bond acceptors (Lipinski definition) is 9. The Bertz CT molecular complexity index is 1090. The van der Waals surface area contributed by atoms with Crippen LogP contribution in [0, 0.1) is 0 Å². The van der Waals surface area contributed by atoms with Gasteiger partial charge < -0.3 is 39.8 Å². The highest BCUT2D eigenvalue weighted by molar-refractivity contribution is 5.92. The molecule has 0 aliphatic heterocycles. The molecule has 0 aliphatic rings. The number of aromatic nitrogens is 3. The zero-order valence-corrected chi connectivity index (χ0v) is 19.3. The number of methoxy groups -OCH3 is 2. The van der Waals surface area contributed by atoms with Gasteiger partial charge >= 0.3 is 5.97 Å². The van der Waals surface area contributed by atoms with E-state index in [0.717, 1.165) is 37.0 Å². The standard InChI is InChI=1S/C22H30N6O5/c1-23-6-5-7-28(2)11-14-10-24-21-20(14)22(26-13-25-21)27-15-8-18(33-12-19(29)30)17(32-4)9-16(15)31-3/h8-10,13,23H,5-7,11-12H2,1-4H3,(H,29,30)(H2,24,25,26,27). The summed E-state index contributed by atoms with van der Waals surface area (Å²) in [5.41, 5.74) is 2.31. The lowest BCUT2D eigenvalue weighted by molar-refractivity contribution is -0.139. The Morgan fingerprint density at radius 3 is 2.67 bits per heavy atom. The first-order valence-electron chi connectivity index (χ1n) is 10.5. The van der Waals surface area contributed by atoms with Gasteiger partial charge in [-0.2, -0.15) is 0 Å². The van der Waals surface area contributed by atoms with Crippen LogP contribution in [0.3, 0.4) is 0 Å². The molecule has 2 aromatic heterocycles. The van der Waals surface area contributed by atoms with Crippen LogP contribution in [0.1, 0.15) is 12.0 Å². The van der Waals surface area contributed by atoms with Crippen molar-refractivity contribution in [2.45, 2.75) is 13.0 Å². The number of anilines is 2. The number of carbonyl (C=O) groups is 1. The molecule has 0 radical (unpaired) electrons. The van der Waals surface area contributed by atoms with E-state index in [1.807, 2.05) is 13.2 Å². The quantitative estimate of drug-likeness (QED) is 0.283. The van der Waals surface area contributed by atoms with Crippen molar-refractivity contribution in [2.24, 2.45) is 0 Å². The molecule has 11 nitrogen and oxygen atoms in total. The summed E-state index contributed by atoms with van der Waals surface area (Å²) in [6, 6.07) is 3.26. The first-order chi connectivity index (χ1) is 16.0. The zero-order valence-electron chi connectivity index (χ0n) is 19.3. The van der Waals surface area contributed by atoms with Gasteiger partial charge in [0.05, 0.1) is 25.3 Å². The van der Waals surface area contributed by atoms with E-state index < -0.39 is 12.6 Å². The smallest absolute Gasteiger partial charge is 0.341 e. The topological polar surface area (TPSA) is 134 Å². The van der Waals surface area contributed by atoms with Gasteiger partial charge in [0.1, 0.15) is 23.5 Å². The van der Waals surface area contributed by atoms with Gasteiger partial charge in [0.2, 0.25) is 0 Å². The second-order valence-electron chi connectivity index (χ2n) is 7.47. The second kappa shape index (κ2) is 11.3. The Morgan fingerprint density at radius 1 is 1.18 bits per heavy atom. The molecule has 3 aromatic rings. The fraction of sp³-hybridized carbons (Fsp3) is 0.409. The van der Waals surface area contributed by atoms with E-state index in [1.54, 1.807) is 12.1 Å². The number of carboxylic acid groups (broad SMARTS) is 1. The predicted molar refractivity (Wildman–Crippen MR) is 125 cm³/mol. The Balaban J connectivity index is 1.93. The normalized spacial score (nSPS) is 11.1. The lowest BCUT2D eigenvalue weighted by Gasteiger charge is -2.18. The molecule has 0 amide bonds. The molecule has 4 N–H and O–H groups in total. The third kappa shape index (κ3) is 6.02. The van der Waals surface area contributed by atoms with Gasteiger partial charge in [0.25, 0.3) is 0 Å². The maximum atomic E-state index is 11.0. The molecular weight excluding hydrogens is 428 g/mol. The molecule has 0 unspecified atom stereocenters. The average molecular weight is 459 g/mol. The van der Waals surface area contributed by atoms with Crippen LogP contribution in [-0.4, -0.2) is 78.9 Å². The molecule has 1 aromatic carbocycles. The lowest BCUT2D eigenvalue weighted by Crippen LogP contribution is -2.22. The van der Waals surface area contributed by atoms with E-state index in [9.17, 15) is 4.79 Å². The van der Waals surface area contributed by atoms with Crippen molar-refractivity contribution in [3.63, 3.8) is 0 Å². The van der Waals surface area contributed by atoms with Gasteiger partial charge in [0.15, 0.2) is 18.1 Å². The van der Waals surface area contributed by atoms with Crippen molar-refractivity contribution in [3.8, 4) is 17.2 Å². The van der Waals surface area contributed by atoms with Crippen LogP contribution in [0.15, 0.2) is 24.7 Å². The number of aliphatic carboxylic acids is 1. The number of ether oxygens (including phenoxy) is 3. The number of fused-ring (bicyclic) bond motifs is 1. The lowest BCUT2D eigenvalue weighted by atomic mass is 10.2. The number of rotatable bonds is 13. The highest BCUT2D eigenvalue weighted by Gasteiger charge is 2.17. The molecule has 33 heavy (non-hydrogen) atoms. The molecule has 2 heterocycles. The number of hydrogen-bond donors (Lipinski definition) is 4. The Morgan fingerprint density at radius 2 is 1.97 bits per heavy atom. The van der Waals surface area contributed by atoms with Gasteiger partial charge in [-0.05, 0) is 39.2 Å². The van der Waals surface area contributed by atoms with Crippen LogP contribution < -0.4 is 24.8 Å². The molecule has 0 saturated carbocycles. The summed E-state index contributed by atoms with van der Waals surface area (Å²) in [6.07, 6.45) is 4.45. The minimum absolute atomic E-state index is 0.270. The van der Waals surface area contributed by atoms with Crippen molar-refractivity contribution >= 4 is 28.5 Å². The summed E-state index contributed by atoms with van der Waals surface area (Å²) in [5, 5.41) is 16.3. The fourth-order valence-corrected chi connectivity index (χ4v) is 3.49. The third-order valence-corrected chi connectivity index (χ3v) is 5.05. The molecule has 178 valence electrons. The molecule has 3 rings (SSSR count). The summed E-state index contributed by atoms with van der Waals surface area (Å²) in [5.74, 6) is 0.620. The fourth-order valence-electron chi connectivity index (χ4n) is 3.49. The van der Waals surface area contributed by atoms with Crippen molar-refractivity contribution in [3.05, 3.63) is 30.2 Å². The van der Waals surface area contributed by atoms with E-state index in [-0.39, 0.29) is 5.75 Å². The molecule has 0 fully saturated rings. The highest BCUT2D eigenvalue weighted by atomic mass is 16.5. The maximum Gasteiger partial charge on any atom is 0.341 e. The van der Waals surface area contributed by atoms with E-state index in [2.05, 4.69) is 37.5 Å². The molecule has 0 atom stereocenters.